The van der Waals surface area contributed by atoms with Crippen LogP contribution in [-0.2, 0) is 4.74 Å². The van der Waals surface area contributed by atoms with Crippen molar-refractivity contribution in [2.24, 2.45) is 21.1 Å². The second kappa shape index (κ2) is 13.1. The summed E-state index contributed by atoms with van der Waals surface area (Å²) in [7, 11) is 0. The molecule has 0 fully saturated rings. The van der Waals surface area contributed by atoms with Gasteiger partial charge in [0.1, 0.15) is 17.1 Å². The highest BCUT2D eigenvalue weighted by Gasteiger charge is 2.36. The van der Waals surface area contributed by atoms with Crippen molar-refractivity contribution in [2.75, 3.05) is 12.3 Å². The third-order valence-electron chi connectivity index (χ3n) is 6.47. The topological polar surface area (TPSA) is 100 Å². The Morgan fingerprint density at radius 3 is 2.44 bits per heavy atom. The zero-order chi connectivity index (χ0) is 25.2. The molecule has 2 atom stereocenters. The maximum absolute atomic E-state index is 11.0. The van der Waals surface area contributed by atoms with Crippen LogP contribution < -0.4 is 5.73 Å². The normalized spacial score (nSPS) is 20.1. The van der Waals surface area contributed by atoms with Crippen LogP contribution >= 0.6 is 0 Å². The summed E-state index contributed by atoms with van der Waals surface area (Å²) in [5, 5.41) is 30.1. The summed E-state index contributed by atoms with van der Waals surface area (Å²) in [5.74, 6) is 0.183. The number of azo groups is 1. The van der Waals surface area contributed by atoms with Crippen LogP contribution in [0.4, 0.5) is 11.4 Å². The molecule has 2 rings (SSSR count). The second-order valence-electron chi connectivity index (χ2n) is 10.8. The molecule has 0 aliphatic heterocycles. The third-order valence-corrected chi connectivity index (χ3v) is 6.47. The Balaban J connectivity index is 2.04. The molecule has 6 nitrogen and oxygen atoms in total. The molecular formula is C28H45N3O3. The standard InChI is InChI=1S/C28H45N3O3/c1-6-7-8-9-10-13-18-34-25(32)16-17-28(5)19-21(27(2,3)4)26(33)24(20-28)31-30-23-15-12-11-14-22(23)29/h11-12,14-15,20,25,32-33H,6-10,13,16-19,29H2,1-5H3. The minimum atomic E-state index is -0.785. The van der Waals surface area contributed by atoms with E-state index in [0.717, 1.165) is 18.4 Å². The molecule has 0 aromatic heterocycles. The molecule has 1 aliphatic rings. The van der Waals surface area contributed by atoms with Crippen LogP contribution in [-0.4, -0.2) is 23.1 Å². The number of para-hydroxylation sites is 1. The number of aliphatic hydroxyl groups excluding tert-OH is 2. The summed E-state index contributed by atoms with van der Waals surface area (Å²) in [6, 6.07) is 7.27. The number of hydrogen-bond donors (Lipinski definition) is 3. The zero-order valence-corrected chi connectivity index (χ0v) is 21.8. The molecule has 0 amide bonds. The van der Waals surface area contributed by atoms with Gasteiger partial charge in [-0.25, -0.2) is 0 Å². The predicted octanol–water partition coefficient (Wildman–Crippen LogP) is 7.98. The summed E-state index contributed by atoms with van der Waals surface area (Å²) in [6.07, 6.45) is 10.3. The maximum Gasteiger partial charge on any atom is 0.154 e. The molecule has 0 bridgehead atoms. The molecule has 6 heteroatoms. The first-order valence-electron chi connectivity index (χ1n) is 12.8. The molecule has 34 heavy (non-hydrogen) atoms. The van der Waals surface area contributed by atoms with Crippen LogP contribution in [0.1, 0.15) is 92.4 Å². The van der Waals surface area contributed by atoms with Gasteiger partial charge in [0.2, 0.25) is 0 Å². The van der Waals surface area contributed by atoms with Crippen molar-refractivity contribution in [1.82, 2.24) is 0 Å². The number of anilines is 1. The summed E-state index contributed by atoms with van der Waals surface area (Å²) in [6.45, 7) is 11.2. The van der Waals surface area contributed by atoms with Crippen molar-refractivity contribution in [3.05, 3.63) is 47.4 Å². The molecule has 0 radical (unpaired) electrons. The maximum atomic E-state index is 11.0. The van der Waals surface area contributed by atoms with Crippen molar-refractivity contribution in [3.8, 4) is 0 Å². The number of nitrogens with zero attached hydrogens (tertiary/aromatic N) is 2. The Bertz CT molecular complexity index is 870. The first-order chi connectivity index (χ1) is 16.1. The van der Waals surface area contributed by atoms with Crippen molar-refractivity contribution in [3.63, 3.8) is 0 Å². The molecule has 2 unspecified atom stereocenters. The highest BCUT2D eigenvalue weighted by Crippen LogP contribution is 2.46. The van der Waals surface area contributed by atoms with Gasteiger partial charge in [0.15, 0.2) is 6.29 Å². The average molecular weight is 472 g/mol. The van der Waals surface area contributed by atoms with Gasteiger partial charge in [-0.15, -0.1) is 10.2 Å². The van der Waals surface area contributed by atoms with Crippen LogP contribution in [0.2, 0.25) is 0 Å². The number of rotatable bonds is 13. The van der Waals surface area contributed by atoms with Crippen molar-refractivity contribution in [2.45, 2.75) is 98.7 Å². The number of nitrogens with two attached hydrogens (primary N) is 1. The number of hydrogen-bond acceptors (Lipinski definition) is 6. The number of aliphatic hydroxyl groups is 2. The largest absolute Gasteiger partial charge is 0.506 e. The smallest absolute Gasteiger partial charge is 0.154 e. The van der Waals surface area contributed by atoms with Crippen LogP contribution in [0.25, 0.3) is 0 Å². The zero-order valence-electron chi connectivity index (χ0n) is 21.8. The number of unbranched alkanes of at least 4 members (excludes halogenated alkanes) is 5. The quantitative estimate of drug-likeness (QED) is 0.117. The SMILES string of the molecule is CCCCCCCCOC(O)CCC1(C)C=C(N=Nc2ccccc2N)C(O)=C(C(C)(C)C)C1. The molecular weight excluding hydrogens is 426 g/mol. The number of allylic oxidation sites excluding steroid dienone is 2. The van der Waals surface area contributed by atoms with Gasteiger partial charge in [0.25, 0.3) is 0 Å². The number of nitrogen functional groups attached to an aromatic ring is 1. The van der Waals surface area contributed by atoms with Crippen LogP contribution in [0.5, 0.6) is 0 Å². The summed E-state index contributed by atoms with van der Waals surface area (Å²) >= 11 is 0. The van der Waals surface area contributed by atoms with E-state index in [4.69, 9.17) is 10.5 Å². The Morgan fingerprint density at radius 2 is 1.76 bits per heavy atom. The molecule has 4 N–H and O–H groups in total. The minimum absolute atomic E-state index is 0.183. The molecule has 0 heterocycles. The molecule has 0 spiro atoms. The molecule has 0 saturated carbocycles. The lowest BCUT2D eigenvalue weighted by Gasteiger charge is -2.37. The van der Waals surface area contributed by atoms with Gasteiger partial charge in [0.05, 0.1) is 5.69 Å². The molecule has 0 saturated heterocycles. The molecule has 190 valence electrons. The minimum Gasteiger partial charge on any atom is -0.506 e. The van der Waals surface area contributed by atoms with Gasteiger partial charge >= 0.3 is 0 Å². The Morgan fingerprint density at radius 1 is 1.09 bits per heavy atom. The van der Waals surface area contributed by atoms with Gasteiger partial charge in [-0.05, 0) is 60.3 Å². The lowest BCUT2D eigenvalue weighted by Crippen LogP contribution is -2.27. The fraction of sp³-hybridized carbons (Fsp3) is 0.643. The van der Waals surface area contributed by atoms with E-state index in [1.54, 1.807) is 12.1 Å². The fourth-order valence-electron chi connectivity index (χ4n) is 4.27. The summed E-state index contributed by atoms with van der Waals surface area (Å²) in [4.78, 5) is 0. The lowest BCUT2D eigenvalue weighted by molar-refractivity contribution is -0.108. The van der Waals surface area contributed by atoms with E-state index < -0.39 is 6.29 Å². The van der Waals surface area contributed by atoms with E-state index in [1.807, 2.05) is 18.2 Å². The van der Waals surface area contributed by atoms with Crippen LogP contribution in [0.3, 0.4) is 0 Å². The lowest BCUT2D eigenvalue weighted by atomic mass is 9.69. The van der Waals surface area contributed by atoms with Crippen molar-refractivity contribution >= 4 is 11.4 Å². The van der Waals surface area contributed by atoms with E-state index in [1.165, 1.54) is 25.7 Å². The van der Waals surface area contributed by atoms with Crippen LogP contribution in [0, 0.1) is 10.8 Å². The Hall–Kier alpha value is -2.18. The Kier molecular flexibility index (Phi) is 10.8. The third kappa shape index (κ3) is 8.88. The summed E-state index contributed by atoms with van der Waals surface area (Å²) in [5.41, 5.74) is 7.98. The van der Waals surface area contributed by atoms with Gasteiger partial charge in [0, 0.05) is 6.61 Å². The second-order valence-corrected chi connectivity index (χ2v) is 10.8. The van der Waals surface area contributed by atoms with Crippen molar-refractivity contribution in [1.29, 1.82) is 0 Å². The molecule has 1 aliphatic carbocycles. The van der Waals surface area contributed by atoms with E-state index in [0.29, 0.717) is 42.9 Å². The Labute approximate surface area is 206 Å². The number of benzene rings is 1. The van der Waals surface area contributed by atoms with Gasteiger partial charge in [-0.2, -0.15) is 0 Å². The van der Waals surface area contributed by atoms with E-state index in [9.17, 15) is 10.2 Å². The molecule has 1 aromatic carbocycles. The predicted molar refractivity (Wildman–Crippen MR) is 140 cm³/mol. The fourth-order valence-corrected chi connectivity index (χ4v) is 4.27. The monoisotopic (exact) mass is 471 g/mol. The molecule has 1 aromatic rings. The van der Waals surface area contributed by atoms with Gasteiger partial charge < -0.3 is 20.7 Å². The van der Waals surface area contributed by atoms with Gasteiger partial charge in [-0.3, -0.25) is 0 Å². The first-order valence-corrected chi connectivity index (χ1v) is 12.8. The van der Waals surface area contributed by atoms with Gasteiger partial charge in [-0.1, -0.05) is 78.9 Å². The van der Waals surface area contributed by atoms with Crippen molar-refractivity contribution < 1.29 is 14.9 Å². The van der Waals surface area contributed by atoms with E-state index in [-0.39, 0.29) is 16.6 Å². The summed E-state index contributed by atoms with van der Waals surface area (Å²) < 4.78 is 5.66. The van der Waals surface area contributed by atoms with E-state index in [2.05, 4.69) is 44.8 Å². The highest BCUT2D eigenvalue weighted by atomic mass is 16.6. The highest BCUT2D eigenvalue weighted by molar-refractivity contribution is 5.61. The van der Waals surface area contributed by atoms with E-state index >= 15 is 0 Å². The number of ether oxygens (including phenoxy) is 1. The van der Waals surface area contributed by atoms with Crippen LogP contribution in [0.15, 0.2) is 57.6 Å². The average Bonchev–Trinajstić information content (AvgIpc) is 2.78. The first kappa shape index (κ1) is 28.1.